The lowest BCUT2D eigenvalue weighted by Gasteiger charge is -2.32. The fourth-order valence-electron chi connectivity index (χ4n) is 3.35. The van der Waals surface area contributed by atoms with Gasteiger partial charge in [0.1, 0.15) is 17.7 Å². The summed E-state index contributed by atoms with van der Waals surface area (Å²) in [7, 11) is 0. The van der Waals surface area contributed by atoms with Gasteiger partial charge in [0, 0.05) is 42.9 Å². The lowest BCUT2D eigenvalue weighted by molar-refractivity contribution is 0.0972. The maximum atomic E-state index is 6.27. The first kappa shape index (κ1) is 15.1. The molecule has 4 rings (SSSR count). The van der Waals surface area contributed by atoms with Crippen molar-refractivity contribution >= 4 is 10.9 Å². The number of aromatic amines is 1. The van der Waals surface area contributed by atoms with E-state index in [1.165, 1.54) is 0 Å². The second-order valence-electron chi connectivity index (χ2n) is 6.38. The molecule has 1 aromatic carbocycles. The normalized spacial score (nSPS) is 16.5. The molecule has 0 radical (unpaired) electrons. The predicted octanol–water partition coefficient (Wildman–Crippen LogP) is 3.31. The summed E-state index contributed by atoms with van der Waals surface area (Å²) in [5.41, 5.74) is 2.23. The Morgan fingerprint density at radius 2 is 2.08 bits per heavy atom. The lowest BCUT2D eigenvalue weighted by Crippen LogP contribution is -2.38. The maximum absolute atomic E-state index is 6.27. The molecule has 1 saturated heterocycles. The SMILES string of the molecule is Cc1nccc(CN2CCC(Oc3cccc4[nH]ccc34)CC2)n1. The summed E-state index contributed by atoms with van der Waals surface area (Å²) in [5.74, 6) is 1.82. The van der Waals surface area contributed by atoms with Gasteiger partial charge in [-0.2, -0.15) is 0 Å². The fourth-order valence-corrected chi connectivity index (χ4v) is 3.35. The number of piperidine rings is 1. The Morgan fingerprint density at radius 1 is 1.21 bits per heavy atom. The van der Waals surface area contributed by atoms with Crippen molar-refractivity contribution in [2.24, 2.45) is 0 Å². The van der Waals surface area contributed by atoms with Crippen molar-refractivity contribution in [1.29, 1.82) is 0 Å². The number of rotatable bonds is 4. The number of ether oxygens (including phenoxy) is 1. The molecule has 5 nitrogen and oxygen atoms in total. The van der Waals surface area contributed by atoms with Crippen LogP contribution in [0, 0.1) is 6.92 Å². The van der Waals surface area contributed by atoms with Crippen LogP contribution in [0.25, 0.3) is 10.9 Å². The van der Waals surface area contributed by atoms with Crippen molar-refractivity contribution in [3.8, 4) is 5.75 Å². The molecule has 1 N–H and O–H groups in total. The summed E-state index contributed by atoms with van der Waals surface area (Å²) < 4.78 is 6.27. The van der Waals surface area contributed by atoms with Crippen LogP contribution in [0.1, 0.15) is 24.4 Å². The van der Waals surface area contributed by atoms with E-state index in [9.17, 15) is 0 Å². The van der Waals surface area contributed by atoms with Crippen molar-refractivity contribution in [2.45, 2.75) is 32.4 Å². The van der Waals surface area contributed by atoms with E-state index in [4.69, 9.17) is 4.74 Å². The van der Waals surface area contributed by atoms with E-state index in [1.54, 1.807) is 0 Å². The zero-order valence-electron chi connectivity index (χ0n) is 13.9. The van der Waals surface area contributed by atoms with E-state index in [0.29, 0.717) is 0 Å². The Kier molecular flexibility index (Phi) is 4.17. The van der Waals surface area contributed by atoms with E-state index in [2.05, 4.69) is 38.1 Å². The van der Waals surface area contributed by atoms with Crippen LogP contribution in [0.3, 0.4) is 0 Å². The lowest BCUT2D eigenvalue weighted by atomic mass is 10.1. The highest BCUT2D eigenvalue weighted by Crippen LogP contribution is 2.27. The van der Waals surface area contributed by atoms with Crippen molar-refractivity contribution in [1.82, 2.24) is 19.9 Å². The highest BCUT2D eigenvalue weighted by molar-refractivity contribution is 5.85. The Bertz CT molecular complexity index is 821. The molecule has 5 heteroatoms. The van der Waals surface area contributed by atoms with E-state index >= 15 is 0 Å². The van der Waals surface area contributed by atoms with E-state index in [-0.39, 0.29) is 6.10 Å². The van der Waals surface area contributed by atoms with Gasteiger partial charge in [0.2, 0.25) is 0 Å². The van der Waals surface area contributed by atoms with Crippen molar-refractivity contribution in [3.63, 3.8) is 0 Å². The van der Waals surface area contributed by atoms with Gasteiger partial charge in [0.25, 0.3) is 0 Å². The monoisotopic (exact) mass is 322 g/mol. The number of aryl methyl sites for hydroxylation is 1. The van der Waals surface area contributed by atoms with Crippen LogP contribution in [0.5, 0.6) is 5.75 Å². The van der Waals surface area contributed by atoms with Crippen molar-refractivity contribution in [2.75, 3.05) is 13.1 Å². The minimum atomic E-state index is 0.286. The molecule has 0 bridgehead atoms. The zero-order valence-corrected chi connectivity index (χ0v) is 13.9. The molecule has 3 heterocycles. The number of benzene rings is 1. The number of aromatic nitrogens is 3. The van der Waals surface area contributed by atoms with Crippen molar-refractivity contribution in [3.05, 3.63) is 54.2 Å². The minimum Gasteiger partial charge on any atom is -0.490 e. The van der Waals surface area contributed by atoms with Gasteiger partial charge < -0.3 is 9.72 Å². The molecule has 3 aromatic rings. The largest absolute Gasteiger partial charge is 0.490 e. The predicted molar refractivity (Wildman–Crippen MR) is 94.0 cm³/mol. The van der Waals surface area contributed by atoms with Gasteiger partial charge in [0.15, 0.2) is 0 Å². The van der Waals surface area contributed by atoms with Crippen LogP contribution in [0.4, 0.5) is 0 Å². The van der Waals surface area contributed by atoms with E-state index in [0.717, 1.165) is 60.6 Å². The molecule has 0 atom stereocenters. The molecular weight excluding hydrogens is 300 g/mol. The molecule has 124 valence electrons. The maximum Gasteiger partial charge on any atom is 0.129 e. The summed E-state index contributed by atoms with van der Waals surface area (Å²) in [6, 6.07) is 10.3. The number of H-pyrrole nitrogens is 1. The Hall–Kier alpha value is -2.40. The van der Waals surface area contributed by atoms with Gasteiger partial charge in [-0.1, -0.05) is 6.07 Å². The molecule has 24 heavy (non-hydrogen) atoms. The Balaban J connectivity index is 1.35. The summed E-state index contributed by atoms with van der Waals surface area (Å²) >= 11 is 0. The average molecular weight is 322 g/mol. The standard InChI is InChI=1S/C19H22N4O/c1-14-20-9-5-15(22-14)13-23-11-7-16(8-12-23)24-19-4-2-3-18-17(19)6-10-21-18/h2-6,9-10,16,21H,7-8,11-13H2,1H3. The molecule has 1 aliphatic rings. The number of fused-ring (bicyclic) bond motifs is 1. The van der Waals surface area contributed by atoms with Gasteiger partial charge in [-0.15, -0.1) is 0 Å². The highest BCUT2D eigenvalue weighted by atomic mass is 16.5. The van der Waals surface area contributed by atoms with E-state index < -0.39 is 0 Å². The van der Waals surface area contributed by atoms with Gasteiger partial charge in [-0.05, 0) is 44.0 Å². The first-order valence-corrected chi connectivity index (χ1v) is 8.51. The molecule has 1 aliphatic heterocycles. The average Bonchev–Trinajstić information content (AvgIpc) is 3.06. The molecular formula is C19H22N4O. The molecule has 0 unspecified atom stereocenters. The first-order chi connectivity index (χ1) is 11.8. The van der Waals surface area contributed by atoms with Crippen LogP contribution in [-0.4, -0.2) is 39.0 Å². The minimum absolute atomic E-state index is 0.286. The zero-order chi connectivity index (χ0) is 16.4. The molecule has 2 aromatic heterocycles. The quantitative estimate of drug-likeness (QED) is 0.801. The third kappa shape index (κ3) is 3.26. The fraction of sp³-hybridized carbons (Fsp3) is 0.368. The second kappa shape index (κ2) is 6.61. The third-order valence-corrected chi connectivity index (χ3v) is 4.60. The summed E-state index contributed by atoms with van der Waals surface area (Å²) in [6.07, 6.45) is 6.18. The number of nitrogens with one attached hydrogen (secondary N) is 1. The molecule has 0 saturated carbocycles. The molecule has 1 fully saturated rings. The topological polar surface area (TPSA) is 54.0 Å². The second-order valence-corrected chi connectivity index (χ2v) is 6.38. The van der Waals surface area contributed by atoms with Gasteiger partial charge >= 0.3 is 0 Å². The summed E-state index contributed by atoms with van der Waals surface area (Å²) in [5, 5.41) is 1.16. The summed E-state index contributed by atoms with van der Waals surface area (Å²) in [6.45, 7) is 4.91. The Morgan fingerprint density at radius 3 is 2.92 bits per heavy atom. The van der Waals surface area contributed by atoms with Crippen LogP contribution in [-0.2, 0) is 6.54 Å². The molecule has 0 aliphatic carbocycles. The molecule has 0 spiro atoms. The molecule has 0 amide bonds. The number of hydrogen-bond acceptors (Lipinski definition) is 4. The number of nitrogens with zero attached hydrogens (tertiary/aromatic N) is 3. The van der Waals surface area contributed by atoms with Crippen LogP contribution in [0.15, 0.2) is 42.7 Å². The van der Waals surface area contributed by atoms with Crippen LogP contribution < -0.4 is 4.74 Å². The van der Waals surface area contributed by atoms with Gasteiger partial charge in [-0.3, -0.25) is 4.90 Å². The van der Waals surface area contributed by atoms with Gasteiger partial charge in [-0.25, -0.2) is 9.97 Å². The first-order valence-electron chi connectivity index (χ1n) is 8.51. The Labute approximate surface area is 141 Å². The van der Waals surface area contributed by atoms with Crippen LogP contribution >= 0.6 is 0 Å². The third-order valence-electron chi connectivity index (χ3n) is 4.60. The number of likely N-dealkylation sites (tertiary alicyclic amines) is 1. The summed E-state index contributed by atoms with van der Waals surface area (Å²) in [4.78, 5) is 14.3. The highest BCUT2D eigenvalue weighted by Gasteiger charge is 2.21. The van der Waals surface area contributed by atoms with Gasteiger partial charge in [0.05, 0.1) is 5.69 Å². The van der Waals surface area contributed by atoms with E-state index in [1.807, 2.05) is 31.5 Å². The number of hydrogen-bond donors (Lipinski definition) is 1. The van der Waals surface area contributed by atoms with Crippen LogP contribution in [0.2, 0.25) is 0 Å². The smallest absolute Gasteiger partial charge is 0.129 e. The van der Waals surface area contributed by atoms with Crippen molar-refractivity contribution < 1.29 is 4.74 Å².